The van der Waals surface area contributed by atoms with Gasteiger partial charge in [-0.1, -0.05) is 60.7 Å². The molecule has 0 radical (unpaired) electrons. The molecule has 1 heterocycles. The van der Waals surface area contributed by atoms with Crippen molar-refractivity contribution >= 4 is 35.5 Å². The van der Waals surface area contributed by atoms with Crippen LogP contribution in [-0.2, 0) is 13.2 Å². The molecule has 2 aromatic rings. The van der Waals surface area contributed by atoms with Crippen molar-refractivity contribution in [1.82, 2.24) is 10.2 Å². The monoisotopic (exact) mass is 477 g/mol. The second-order valence-electron chi connectivity index (χ2n) is 6.39. The van der Waals surface area contributed by atoms with Gasteiger partial charge in [-0.25, -0.2) is 4.99 Å². The third-order valence-corrected chi connectivity index (χ3v) is 4.68. The molecule has 0 saturated carbocycles. The van der Waals surface area contributed by atoms with Crippen LogP contribution in [-0.4, -0.2) is 35.6 Å². The largest absolute Gasteiger partial charge is 0.392 e. The van der Waals surface area contributed by atoms with Gasteiger partial charge < -0.3 is 15.3 Å². The summed E-state index contributed by atoms with van der Waals surface area (Å²) in [5.74, 6) is 0.934. The Morgan fingerprint density at radius 2 is 1.78 bits per heavy atom. The number of nitrogens with one attached hydrogen (secondary N) is 1. The molecule has 0 aliphatic carbocycles. The molecule has 0 atom stereocenters. The number of aliphatic imine (C=N–C) groups is 1. The van der Waals surface area contributed by atoms with Crippen molar-refractivity contribution in [2.75, 3.05) is 19.6 Å². The minimum atomic E-state index is 0. The first-order valence-electron chi connectivity index (χ1n) is 9.27. The molecule has 1 aliphatic heterocycles. The maximum atomic E-state index is 9.49. The summed E-state index contributed by atoms with van der Waals surface area (Å²) in [5.41, 5.74) is 4.73. The number of benzene rings is 2. The topological polar surface area (TPSA) is 47.9 Å². The molecule has 27 heavy (non-hydrogen) atoms. The smallest absolute Gasteiger partial charge is 0.194 e. The van der Waals surface area contributed by atoms with Crippen LogP contribution in [0, 0.1) is 0 Å². The van der Waals surface area contributed by atoms with Crippen molar-refractivity contribution in [3.63, 3.8) is 0 Å². The Balaban J connectivity index is 0.00000261. The van der Waals surface area contributed by atoms with Gasteiger partial charge in [0.1, 0.15) is 0 Å². The van der Waals surface area contributed by atoms with E-state index in [0.29, 0.717) is 6.54 Å². The summed E-state index contributed by atoms with van der Waals surface area (Å²) in [5, 5.41) is 12.9. The fourth-order valence-electron chi connectivity index (χ4n) is 3.23. The van der Waals surface area contributed by atoms with Crippen LogP contribution in [0.5, 0.6) is 0 Å². The van der Waals surface area contributed by atoms with E-state index >= 15 is 0 Å². The van der Waals surface area contributed by atoms with Crippen molar-refractivity contribution in [1.29, 1.82) is 0 Å². The van der Waals surface area contributed by atoms with Gasteiger partial charge in [-0.2, -0.15) is 0 Å². The lowest BCUT2D eigenvalue weighted by Gasteiger charge is -2.30. The van der Waals surface area contributed by atoms with Gasteiger partial charge in [-0.05, 0) is 35.6 Å². The van der Waals surface area contributed by atoms with E-state index in [1.165, 1.54) is 11.1 Å². The zero-order valence-corrected chi connectivity index (χ0v) is 18.1. The van der Waals surface area contributed by atoms with Gasteiger partial charge in [0.05, 0.1) is 13.2 Å². The molecule has 1 aliphatic rings. The number of nitrogens with zero attached hydrogens (tertiary/aromatic N) is 2. The fraction of sp³-hybridized carbons (Fsp3) is 0.318. The summed E-state index contributed by atoms with van der Waals surface area (Å²) in [4.78, 5) is 7.09. The van der Waals surface area contributed by atoms with Crippen LogP contribution in [0.15, 0.2) is 65.7 Å². The Morgan fingerprint density at radius 3 is 2.41 bits per heavy atom. The number of aliphatic hydroxyl groups is 1. The summed E-state index contributed by atoms with van der Waals surface area (Å²) in [6.45, 7) is 5.37. The molecular weight excluding hydrogens is 449 g/mol. The van der Waals surface area contributed by atoms with E-state index in [2.05, 4.69) is 53.5 Å². The van der Waals surface area contributed by atoms with Crippen molar-refractivity contribution in [3.05, 3.63) is 77.4 Å². The zero-order chi connectivity index (χ0) is 18.2. The Bertz CT molecular complexity index is 774. The van der Waals surface area contributed by atoms with Gasteiger partial charge in [0.2, 0.25) is 0 Å². The van der Waals surface area contributed by atoms with Crippen LogP contribution in [0.3, 0.4) is 0 Å². The van der Waals surface area contributed by atoms with Crippen LogP contribution >= 0.6 is 24.0 Å². The molecule has 0 spiro atoms. The molecule has 3 rings (SSSR count). The maximum absolute atomic E-state index is 9.49. The third kappa shape index (κ3) is 5.81. The molecule has 2 N–H and O–H groups in total. The number of hydrogen-bond donors (Lipinski definition) is 2. The van der Waals surface area contributed by atoms with Crippen molar-refractivity contribution < 1.29 is 5.11 Å². The molecule has 2 aromatic carbocycles. The summed E-state index contributed by atoms with van der Waals surface area (Å²) < 4.78 is 0. The normalized spacial score (nSPS) is 14.4. The van der Waals surface area contributed by atoms with Crippen molar-refractivity contribution in [2.24, 2.45) is 4.99 Å². The van der Waals surface area contributed by atoms with Gasteiger partial charge in [0.15, 0.2) is 5.96 Å². The van der Waals surface area contributed by atoms with Crippen LogP contribution in [0.25, 0.3) is 5.57 Å². The van der Waals surface area contributed by atoms with Crippen LogP contribution in [0.4, 0.5) is 0 Å². The maximum Gasteiger partial charge on any atom is 0.194 e. The van der Waals surface area contributed by atoms with E-state index in [-0.39, 0.29) is 30.6 Å². The first kappa shape index (κ1) is 21.4. The number of rotatable bonds is 5. The number of hydrogen-bond acceptors (Lipinski definition) is 2. The molecule has 0 aromatic heterocycles. The number of halogens is 1. The Morgan fingerprint density at radius 1 is 1.07 bits per heavy atom. The van der Waals surface area contributed by atoms with Gasteiger partial charge in [-0.3, -0.25) is 0 Å². The zero-order valence-electron chi connectivity index (χ0n) is 15.8. The van der Waals surface area contributed by atoms with Crippen molar-refractivity contribution in [2.45, 2.75) is 26.5 Å². The van der Waals surface area contributed by atoms with Crippen molar-refractivity contribution in [3.8, 4) is 0 Å². The second-order valence-corrected chi connectivity index (χ2v) is 6.39. The highest BCUT2D eigenvalue weighted by Gasteiger charge is 2.16. The van der Waals surface area contributed by atoms with Gasteiger partial charge in [0.25, 0.3) is 0 Å². The molecule has 0 fully saturated rings. The number of aliphatic hydroxyl groups excluding tert-OH is 1. The molecule has 5 heteroatoms. The number of guanidine groups is 1. The summed E-state index contributed by atoms with van der Waals surface area (Å²) in [6.07, 6.45) is 3.31. The molecule has 0 saturated heterocycles. The minimum Gasteiger partial charge on any atom is -0.392 e. The van der Waals surface area contributed by atoms with E-state index in [9.17, 15) is 5.11 Å². The third-order valence-electron chi connectivity index (χ3n) is 4.68. The Hall–Kier alpha value is -1.86. The van der Waals surface area contributed by atoms with Gasteiger partial charge in [-0.15, -0.1) is 24.0 Å². The van der Waals surface area contributed by atoms with E-state index in [1.807, 2.05) is 24.3 Å². The highest BCUT2D eigenvalue weighted by Crippen LogP contribution is 2.22. The fourth-order valence-corrected chi connectivity index (χ4v) is 3.23. The first-order valence-corrected chi connectivity index (χ1v) is 9.27. The molecular formula is C22H28IN3O. The minimum absolute atomic E-state index is 0. The lowest BCUT2D eigenvalue weighted by atomic mass is 10.00. The molecule has 0 amide bonds. The molecule has 144 valence electrons. The van der Waals surface area contributed by atoms with Crippen LogP contribution < -0.4 is 5.32 Å². The Kier molecular flexibility index (Phi) is 8.81. The van der Waals surface area contributed by atoms with E-state index < -0.39 is 0 Å². The van der Waals surface area contributed by atoms with Gasteiger partial charge in [0, 0.05) is 19.6 Å². The standard InChI is InChI=1S/C22H27N3O.HI/c1-2-23-22(24-16-20-10-6-7-11-21(20)17-26)25-14-12-19(13-15-25)18-8-4-3-5-9-18;/h3-12,26H,2,13-17H2,1H3,(H,23,24);1H. The highest BCUT2D eigenvalue weighted by molar-refractivity contribution is 14.0. The average Bonchev–Trinajstić information content (AvgIpc) is 2.72. The lowest BCUT2D eigenvalue weighted by molar-refractivity contribution is 0.280. The van der Waals surface area contributed by atoms with E-state index in [4.69, 9.17) is 4.99 Å². The average molecular weight is 477 g/mol. The highest BCUT2D eigenvalue weighted by atomic mass is 127. The van der Waals surface area contributed by atoms with Gasteiger partial charge >= 0.3 is 0 Å². The quantitative estimate of drug-likeness (QED) is 0.388. The second kappa shape index (κ2) is 11.1. The molecule has 0 unspecified atom stereocenters. The van der Waals surface area contributed by atoms with Crippen LogP contribution in [0.1, 0.15) is 30.0 Å². The summed E-state index contributed by atoms with van der Waals surface area (Å²) >= 11 is 0. The Labute approximate surface area is 179 Å². The summed E-state index contributed by atoms with van der Waals surface area (Å²) in [6, 6.07) is 18.5. The first-order chi connectivity index (χ1) is 12.8. The van der Waals surface area contributed by atoms with E-state index in [0.717, 1.165) is 43.1 Å². The molecule has 0 bridgehead atoms. The lowest BCUT2D eigenvalue weighted by Crippen LogP contribution is -2.43. The van der Waals surface area contributed by atoms with E-state index in [1.54, 1.807) is 0 Å². The molecule has 4 nitrogen and oxygen atoms in total. The van der Waals surface area contributed by atoms with Crippen LogP contribution in [0.2, 0.25) is 0 Å². The predicted molar refractivity (Wildman–Crippen MR) is 123 cm³/mol. The predicted octanol–water partition coefficient (Wildman–Crippen LogP) is 4.05. The SMILES string of the molecule is CCNC(=NCc1ccccc1CO)N1CC=C(c2ccccc2)CC1.I. The summed E-state index contributed by atoms with van der Waals surface area (Å²) in [7, 11) is 0.